The minimum absolute atomic E-state index is 0.579. The molecule has 0 fully saturated rings. The molecular weight excluding hydrogens is 250 g/mol. The zero-order chi connectivity index (χ0) is 13.6. The zero-order valence-electron chi connectivity index (χ0n) is 11.9. The van der Waals surface area contributed by atoms with E-state index < -0.39 is 0 Å². The number of nitrogens with zero attached hydrogens (tertiary/aromatic N) is 1. The first-order chi connectivity index (χ1) is 9.06. The van der Waals surface area contributed by atoms with E-state index in [2.05, 4.69) is 69.1 Å². The highest BCUT2D eigenvalue weighted by Gasteiger charge is 2.21. The van der Waals surface area contributed by atoms with Gasteiger partial charge >= 0.3 is 0 Å². The molecule has 0 radical (unpaired) electrons. The molecule has 1 heterocycles. The van der Waals surface area contributed by atoms with E-state index in [1.165, 1.54) is 32.3 Å². The molecule has 0 saturated carbocycles. The monoisotopic (exact) mass is 269 g/mol. The predicted octanol–water partition coefficient (Wildman–Crippen LogP) is 5.35. The van der Waals surface area contributed by atoms with Gasteiger partial charge in [0, 0.05) is 16.8 Å². The first-order valence-corrected chi connectivity index (χ1v) is 7.54. The van der Waals surface area contributed by atoms with Gasteiger partial charge in [-0.15, -0.1) is 0 Å². The Balaban J connectivity index is 2.10. The van der Waals surface area contributed by atoms with E-state index in [0.29, 0.717) is 5.92 Å². The maximum Gasteiger partial charge on any atom is 0.0552 e. The van der Waals surface area contributed by atoms with Crippen LogP contribution in [0.25, 0.3) is 0 Å². The first kappa shape index (κ1) is 12.6. The van der Waals surface area contributed by atoms with Crippen molar-refractivity contribution in [1.82, 2.24) is 0 Å². The lowest BCUT2D eigenvalue weighted by Gasteiger charge is -2.30. The lowest BCUT2D eigenvalue weighted by atomic mass is 10.0. The van der Waals surface area contributed by atoms with Crippen LogP contribution in [-0.4, -0.2) is 7.05 Å². The maximum absolute atomic E-state index is 2.34. The van der Waals surface area contributed by atoms with Crippen LogP contribution in [0.15, 0.2) is 46.2 Å². The highest BCUT2D eigenvalue weighted by molar-refractivity contribution is 7.99. The number of fused-ring (bicyclic) bond motifs is 2. The van der Waals surface area contributed by atoms with Gasteiger partial charge in [-0.3, -0.25) is 0 Å². The number of anilines is 2. The van der Waals surface area contributed by atoms with Crippen LogP contribution < -0.4 is 4.90 Å². The van der Waals surface area contributed by atoms with Crippen LogP contribution in [0.1, 0.15) is 30.9 Å². The molecule has 98 valence electrons. The summed E-state index contributed by atoms with van der Waals surface area (Å²) in [5.74, 6) is 0.579. The topological polar surface area (TPSA) is 3.24 Å². The Morgan fingerprint density at radius 2 is 1.74 bits per heavy atom. The molecule has 0 aromatic heterocycles. The van der Waals surface area contributed by atoms with E-state index >= 15 is 0 Å². The van der Waals surface area contributed by atoms with Gasteiger partial charge in [-0.1, -0.05) is 37.7 Å². The van der Waals surface area contributed by atoms with Crippen molar-refractivity contribution in [3.05, 3.63) is 47.5 Å². The zero-order valence-corrected chi connectivity index (χ0v) is 12.7. The summed E-state index contributed by atoms with van der Waals surface area (Å²) in [4.78, 5) is 5.02. The number of hydrogen-bond donors (Lipinski definition) is 0. The summed E-state index contributed by atoms with van der Waals surface area (Å²) >= 11 is 1.88. The lowest BCUT2D eigenvalue weighted by molar-refractivity contribution is 0.861. The second-order valence-corrected chi connectivity index (χ2v) is 6.60. The third kappa shape index (κ3) is 2.14. The van der Waals surface area contributed by atoms with Crippen LogP contribution in [0.4, 0.5) is 11.4 Å². The number of rotatable bonds is 1. The van der Waals surface area contributed by atoms with Crippen LogP contribution in [-0.2, 0) is 0 Å². The molecule has 3 rings (SSSR count). The highest BCUT2D eigenvalue weighted by Crippen LogP contribution is 2.48. The number of benzene rings is 2. The molecule has 0 N–H and O–H groups in total. The average Bonchev–Trinajstić information content (AvgIpc) is 2.39. The van der Waals surface area contributed by atoms with E-state index in [4.69, 9.17) is 0 Å². The van der Waals surface area contributed by atoms with Crippen molar-refractivity contribution in [2.45, 2.75) is 36.5 Å². The average molecular weight is 269 g/mol. The van der Waals surface area contributed by atoms with E-state index in [-0.39, 0.29) is 0 Å². The van der Waals surface area contributed by atoms with Gasteiger partial charge < -0.3 is 4.90 Å². The van der Waals surface area contributed by atoms with Gasteiger partial charge in [-0.25, -0.2) is 0 Å². The molecule has 2 heteroatoms. The van der Waals surface area contributed by atoms with Crippen LogP contribution in [0, 0.1) is 6.92 Å². The van der Waals surface area contributed by atoms with Crippen LogP contribution in [0.2, 0.25) is 0 Å². The Bertz CT molecular complexity index is 631. The Kier molecular flexibility index (Phi) is 3.06. The number of hydrogen-bond acceptors (Lipinski definition) is 2. The van der Waals surface area contributed by atoms with Crippen molar-refractivity contribution < 1.29 is 0 Å². The molecule has 0 saturated heterocycles. The molecule has 1 aliphatic heterocycles. The van der Waals surface area contributed by atoms with E-state index in [1.807, 2.05) is 11.8 Å². The fourth-order valence-electron chi connectivity index (χ4n) is 2.47. The molecular formula is C17H19NS. The van der Waals surface area contributed by atoms with Crippen molar-refractivity contribution >= 4 is 23.1 Å². The quantitative estimate of drug-likeness (QED) is 0.686. The van der Waals surface area contributed by atoms with Crippen molar-refractivity contribution in [3.63, 3.8) is 0 Å². The molecule has 19 heavy (non-hydrogen) atoms. The summed E-state index contributed by atoms with van der Waals surface area (Å²) in [6.45, 7) is 6.64. The Morgan fingerprint density at radius 1 is 0.947 bits per heavy atom. The van der Waals surface area contributed by atoms with E-state index in [1.54, 1.807) is 0 Å². The van der Waals surface area contributed by atoms with Crippen molar-refractivity contribution in [2.24, 2.45) is 0 Å². The number of aryl methyl sites for hydroxylation is 1. The maximum atomic E-state index is 2.34. The minimum Gasteiger partial charge on any atom is -0.343 e. The van der Waals surface area contributed by atoms with Gasteiger partial charge in [-0.2, -0.15) is 0 Å². The van der Waals surface area contributed by atoms with Crippen molar-refractivity contribution in [3.8, 4) is 0 Å². The second-order valence-electron chi connectivity index (χ2n) is 5.51. The minimum atomic E-state index is 0.579. The second kappa shape index (κ2) is 4.61. The summed E-state index contributed by atoms with van der Waals surface area (Å²) in [5.41, 5.74) is 5.35. The molecule has 1 aliphatic rings. The van der Waals surface area contributed by atoms with Crippen LogP contribution in [0.3, 0.4) is 0 Å². The molecule has 0 unspecified atom stereocenters. The van der Waals surface area contributed by atoms with Gasteiger partial charge in [0.25, 0.3) is 0 Å². The van der Waals surface area contributed by atoms with Gasteiger partial charge in [0.05, 0.1) is 11.4 Å². The largest absolute Gasteiger partial charge is 0.343 e. The van der Waals surface area contributed by atoms with Gasteiger partial charge in [0.2, 0.25) is 0 Å². The summed E-state index contributed by atoms with van der Waals surface area (Å²) in [5, 5.41) is 0. The van der Waals surface area contributed by atoms with Crippen molar-refractivity contribution in [1.29, 1.82) is 0 Å². The summed E-state index contributed by atoms with van der Waals surface area (Å²) in [7, 11) is 2.16. The first-order valence-electron chi connectivity index (χ1n) is 6.72. The Hall–Kier alpha value is -1.41. The molecule has 0 spiro atoms. The van der Waals surface area contributed by atoms with Gasteiger partial charge in [0.1, 0.15) is 0 Å². The SMILES string of the molecule is Cc1ccc2c(c1)N(C)c1ccc(C(C)C)cc1S2. The molecule has 0 atom stereocenters. The fraction of sp³-hybridized carbons (Fsp3) is 0.294. The van der Waals surface area contributed by atoms with Crippen LogP contribution in [0.5, 0.6) is 0 Å². The predicted molar refractivity (Wildman–Crippen MR) is 83.9 cm³/mol. The van der Waals surface area contributed by atoms with Gasteiger partial charge in [-0.05, 0) is 48.2 Å². The third-order valence-corrected chi connectivity index (χ3v) is 4.82. The lowest BCUT2D eigenvalue weighted by Crippen LogP contribution is -2.15. The molecule has 0 bridgehead atoms. The molecule has 2 aromatic carbocycles. The van der Waals surface area contributed by atoms with E-state index in [9.17, 15) is 0 Å². The fourth-order valence-corrected chi connectivity index (χ4v) is 3.65. The van der Waals surface area contributed by atoms with Crippen molar-refractivity contribution in [2.75, 3.05) is 11.9 Å². The molecule has 1 nitrogen and oxygen atoms in total. The summed E-state index contributed by atoms with van der Waals surface area (Å²) in [6, 6.07) is 13.5. The Morgan fingerprint density at radius 3 is 2.47 bits per heavy atom. The molecule has 2 aromatic rings. The summed E-state index contributed by atoms with van der Waals surface area (Å²) in [6.07, 6.45) is 0. The highest BCUT2D eigenvalue weighted by atomic mass is 32.2. The smallest absolute Gasteiger partial charge is 0.0552 e. The third-order valence-electron chi connectivity index (χ3n) is 3.71. The van der Waals surface area contributed by atoms with E-state index in [0.717, 1.165) is 0 Å². The Labute approximate surface area is 119 Å². The summed E-state index contributed by atoms with van der Waals surface area (Å²) < 4.78 is 0. The molecule has 0 aliphatic carbocycles. The standard InChI is InChI=1S/C17H19NS/c1-11(2)13-6-7-14-17(10-13)19-16-8-5-12(3)9-15(16)18(14)4/h5-11H,1-4H3. The van der Waals surface area contributed by atoms with Crippen LogP contribution >= 0.6 is 11.8 Å². The normalized spacial score (nSPS) is 13.4. The van der Waals surface area contributed by atoms with Gasteiger partial charge in [0.15, 0.2) is 0 Å². The molecule has 0 amide bonds.